The van der Waals surface area contributed by atoms with Crippen LogP contribution in [0.2, 0.25) is 0 Å². The Kier molecular flexibility index (Phi) is 7.90. The van der Waals surface area contributed by atoms with Gasteiger partial charge in [0.15, 0.2) is 11.4 Å². The van der Waals surface area contributed by atoms with E-state index in [0.29, 0.717) is 0 Å². The molecule has 12 heteroatoms. The quantitative estimate of drug-likeness (QED) is 0.442. The number of aliphatic hydroxyl groups is 2. The zero-order valence-electron chi connectivity index (χ0n) is 23.1. The van der Waals surface area contributed by atoms with E-state index in [1.165, 1.54) is 27.7 Å². The average molecular weight is 589 g/mol. The van der Waals surface area contributed by atoms with E-state index in [2.05, 4.69) is 0 Å². The maximum absolute atomic E-state index is 18.0. The predicted octanol–water partition coefficient (Wildman–Crippen LogP) is 4.03. The summed E-state index contributed by atoms with van der Waals surface area (Å²) in [5.74, 6) is -7.15. The largest absolute Gasteiger partial charge is 0.426 e. The van der Waals surface area contributed by atoms with Crippen LogP contribution in [0.4, 0.5) is 13.2 Å². The number of ether oxygens (including phenoxy) is 2. The maximum atomic E-state index is 18.0. The van der Waals surface area contributed by atoms with Crippen molar-refractivity contribution in [2.45, 2.75) is 90.3 Å². The zero-order chi connectivity index (χ0) is 30.0. The number of hydrogen-bond acceptors (Lipinski definition) is 9. The molecule has 0 spiro atoms. The lowest BCUT2D eigenvalue weighted by atomic mass is 9.44. The van der Waals surface area contributed by atoms with Crippen molar-refractivity contribution in [2.24, 2.45) is 28.6 Å². The number of esters is 2. The third-order valence-corrected chi connectivity index (χ3v) is 10.6. The number of thioether (sulfide) groups is 1. The van der Waals surface area contributed by atoms with E-state index in [-0.39, 0.29) is 36.6 Å². The first kappa shape index (κ1) is 30.8. The first-order valence-electron chi connectivity index (χ1n) is 13.5. The van der Waals surface area contributed by atoms with Crippen LogP contribution in [-0.2, 0) is 28.7 Å². The number of carbonyl (C=O) groups excluding carboxylic acids is 4. The van der Waals surface area contributed by atoms with E-state index >= 15 is 8.78 Å². The normalized spacial score (nSPS) is 42.4. The summed E-state index contributed by atoms with van der Waals surface area (Å²) in [5, 5.41) is 22.5. The second-order valence-corrected chi connectivity index (χ2v) is 12.5. The van der Waals surface area contributed by atoms with Crippen molar-refractivity contribution in [3.05, 3.63) is 23.2 Å². The van der Waals surface area contributed by atoms with Gasteiger partial charge < -0.3 is 19.7 Å². The molecule has 0 aromatic rings. The number of fused-ring (bicyclic) bond motifs is 5. The van der Waals surface area contributed by atoms with E-state index < -0.39 is 105 Å². The molecule has 0 aromatic carbocycles. The highest BCUT2D eigenvalue weighted by Gasteiger charge is 2.78. The Labute approximate surface area is 234 Å². The van der Waals surface area contributed by atoms with Crippen LogP contribution in [0, 0.1) is 28.6 Å². The number of carbonyl (C=O) groups is 4. The van der Waals surface area contributed by atoms with E-state index in [9.17, 15) is 33.8 Å². The summed E-state index contributed by atoms with van der Waals surface area (Å²) in [4.78, 5) is 50.8. The van der Waals surface area contributed by atoms with Gasteiger partial charge in [-0.2, -0.15) is 0 Å². The predicted molar refractivity (Wildman–Crippen MR) is 137 cm³/mol. The molecular formula is C28H35F3O8S. The van der Waals surface area contributed by atoms with Gasteiger partial charge in [-0.1, -0.05) is 39.5 Å². The Hall–Kier alpha value is -2.18. The van der Waals surface area contributed by atoms with Crippen LogP contribution < -0.4 is 0 Å². The molecule has 9 atom stereocenters. The van der Waals surface area contributed by atoms with Gasteiger partial charge in [-0.05, 0) is 49.7 Å². The van der Waals surface area contributed by atoms with Crippen LogP contribution in [-0.4, -0.2) is 62.6 Å². The van der Waals surface area contributed by atoms with Gasteiger partial charge in [-0.3, -0.25) is 19.2 Å². The first-order valence-corrected chi connectivity index (χ1v) is 14.5. The van der Waals surface area contributed by atoms with Gasteiger partial charge in [-0.15, -0.1) is 0 Å². The first-order chi connectivity index (χ1) is 18.6. The summed E-state index contributed by atoms with van der Waals surface area (Å²) >= 11 is 0.286. The lowest BCUT2D eigenvalue weighted by Gasteiger charge is -2.63. The van der Waals surface area contributed by atoms with Crippen molar-refractivity contribution < 1.29 is 52.0 Å². The summed E-state index contributed by atoms with van der Waals surface area (Å²) in [6.07, 6.45) is -4.31. The lowest BCUT2D eigenvalue weighted by molar-refractivity contribution is -0.229. The van der Waals surface area contributed by atoms with Gasteiger partial charge in [0, 0.05) is 24.2 Å². The Morgan fingerprint density at radius 3 is 2.27 bits per heavy atom. The molecule has 4 aliphatic carbocycles. The van der Waals surface area contributed by atoms with Gasteiger partial charge in [0.05, 0.1) is 11.5 Å². The molecular weight excluding hydrogens is 553 g/mol. The molecule has 40 heavy (non-hydrogen) atoms. The molecule has 8 nitrogen and oxygen atoms in total. The number of hydrogen-bond donors (Lipinski definition) is 2. The topological polar surface area (TPSA) is 127 Å². The van der Waals surface area contributed by atoms with Crippen molar-refractivity contribution >= 4 is 34.6 Å². The van der Waals surface area contributed by atoms with Gasteiger partial charge >= 0.3 is 11.9 Å². The van der Waals surface area contributed by atoms with Crippen LogP contribution in [0.5, 0.6) is 0 Å². The molecule has 3 saturated carbocycles. The van der Waals surface area contributed by atoms with Crippen molar-refractivity contribution in [2.75, 3.05) is 6.01 Å². The molecule has 0 aromatic heterocycles. The molecule has 4 aliphatic rings. The minimum atomic E-state index is -2.78. The number of allylic oxidation sites excluding steroid dienone is 2. The second-order valence-electron chi connectivity index (χ2n) is 11.7. The summed E-state index contributed by atoms with van der Waals surface area (Å²) in [6, 6.07) is -1.09. The van der Waals surface area contributed by atoms with E-state index in [4.69, 9.17) is 9.47 Å². The molecule has 0 aliphatic heterocycles. The molecule has 222 valence electrons. The number of rotatable bonds is 6. The summed E-state index contributed by atoms with van der Waals surface area (Å²) in [5.41, 5.74) is -8.98. The van der Waals surface area contributed by atoms with Crippen LogP contribution >= 0.6 is 11.8 Å². The zero-order valence-corrected chi connectivity index (χ0v) is 23.9. The SMILES string of the molecule is CCC(=O)OC1=C(OC(=O)CC)[C@]2(C)C(=CC1=O)[C@@H](F)CC1[C@@H]3C[C@@H](C)[C@](O)(C(=O)SCF)[C@@]3(C)C[C@H](O)[C@@]12F. The Morgan fingerprint density at radius 1 is 1.10 bits per heavy atom. The monoisotopic (exact) mass is 588 g/mol. The van der Waals surface area contributed by atoms with Crippen molar-refractivity contribution in [1.82, 2.24) is 0 Å². The van der Waals surface area contributed by atoms with Crippen molar-refractivity contribution in [3.8, 4) is 0 Å². The third kappa shape index (κ3) is 3.88. The minimum Gasteiger partial charge on any atom is -0.426 e. The van der Waals surface area contributed by atoms with Crippen molar-refractivity contribution in [1.29, 1.82) is 0 Å². The fraction of sp³-hybridized carbons (Fsp3) is 0.714. The van der Waals surface area contributed by atoms with Gasteiger partial charge in [-0.25, -0.2) is 13.2 Å². The highest BCUT2D eigenvalue weighted by molar-refractivity contribution is 8.13. The van der Waals surface area contributed by atoms with Gasteiger partial charge in [0.25, 0.3) is 0 Å². The minimum absolute atomic E-state index is 0.0703. The van der Waals surface area contributed by atoms with E-state index in [0.717, 1.165) is 6.08 Å². The Balaban J connectivity index is 1.94. The van der Waals surface area contributed by atoms with E-state index in [1.807, 2.05) is 0 Å². The average Bonchev–Trinajstić information content (AvgIpc) is 3.10. The second kappa shape index (κ2) is 10.3. The fourth-order valence-corrected chi connectivity index (χ4v) is 8.64. The molecule has 0 saturated heterocycles. The third-order valence-electron chi connectivity index (χ3n) is 9.96. The molecule has 3 fully saturated rings. The molecule has 0 amide bonds. The van der Waals surface area contributed by atoms with Crippen molar-refractivity contribution in [3.63, 3.8) is 0 Å². The molecule has 1 unspecified atom stereocenters. The van der Waals surface area contributed by atoms with E-state index in [1.54, 1.807) is 6.92 Å². The van der Waals surface area contributed by atoms with Crippen LogP contribution in [0.3, 0.4) is 0 Å². The Bertz CT molecular complexity index is 1200. The molecule has 0 radical (unpaired) electrons. The number of aliphatic hydroxyl groups excluding tert-OH is 1. The van der Waals surface area contributed by atoms with Gasteiger partial charge in [0.1, 0.15) is 17.8 Å². The summed E-state index contributed by atoms with van der Waals surface area (Å²) in [6.45, 7) is 7.21. The molecule has 2 N–H and O–H groups in total. The van der Waals surface area contributed by atoms with Crippen LogP contribution in [0.1, 0.15) is 66.7 Å². The molecule has 0 heterocycles. The molecule has 4 rings (SSSR count). The number of halogens is 3. The van der Waals surface area contributed by atoms with Crippen LogP contribution in [0.15, 0.2) is 23.2 Å². The van der Waals surface area contributed by atoms with Crippen LogP contribution in [0.25, 0.3) is 0 Å². The fourth-order valence-electron chi connectivity index (χ4n) is 7.88. The Morgan fingerprint density at radius 2 is 1.70 bits per heavy atom. The highest BCUT2D eigenvalue weighted by Crippen LogP contribution is 2.72. The highest BCUT2D eigenvalue weighted by atomic mass is 32.2. The standard InChI is InChI=1S/C28H35F3O8S/c1-6-20(34)38-22-18(32)10-16-17(30)9-15-14-8-13(3)28(37,24(36)40-12-29)25(14,4)11-19(33)27(15,31)26(16,5)23(22)39-21(35)7-2/h10,13-15,17,19,33,37H,6-9,11-12H2,1-5H3/t13-,14+,15?,17+,19+,25+,26+,27+,28+/m1/s1. The molecule has 0 bridgehead atoms. The summed E-state index contributed by atoms with van der Waals surface area (Å²) in [7, 11) is 0. The lowest BCUT2D eigenvalue weighted by Crippen LogP contribution is -2.71. The maximum Gasteiger partial charge on any atom is 0.311 e. The number of alkyl halides is 3. The summed E-state index contributed by atoms with van der Waals surface area (Å²) < 4.78 is 57.9. The van der Waals surface area contributed by atoms with Gasteiger partial charge in [0.2, 0.25) is 16.7 Å². The smallest absolute Gasteiger partial charge is 0.311 e. The number of ketones is 1.